The smallest absolute Gasteiger partial charge is 0.226 e. The number of anilines is 2. The Morgan fingerprint density at radius 3 is 2.41 bits per heavy atom. The van der Waals surface area contributed by atoms with Crippen LogP contribution in [0, 0.1) is 5.82 Å². The molecule has 5 nitrogen and oxygen atoms in total. The monoisotopic (exact) mass is 392 g/mol. The molecule has 0 aliphatic heterocycles. The Bertz CT molecular complexity index is 809. The summed E-state index contributed by atoms with van der Waals surface area (Å²) in [5.74, 6) is -0.320. The van der Waals surface area contributed by atoms with Gasteiger partial charge >= 0.3 is 0 Å². The van der Waals surface area contributed by atoms with E-state index < -0.39 is 5.82 Å². The number of hydrogen-bond donors (Lipinski definition) is 1. The molecule has 0 saturated carbocycles. The first-order valence-electron chi connectivity index (χ1n) is 8.56. The van der Waals surface area contributed by atoms with E-state index in [1.807, 2.05) is 13.8 Å². The molecule has 0 heterocycles. The van der Waals surface area contributed by atoms with Gasteiger partial charge in [-0.1, -0.05) is 11.6 Å². The average molecular weight is 393 g/mol. The van der Waals surface area contributed by atoms with Gasteiger partial charge in [0.1, 0.15) is 11.6 Å². The molecule has 2 amide bonds. The van der Waals surface area contributed by atoms with Gasteiger partial charge in [0.25, 0.3) is 0 Å². The molecule has 2 aromatic rings. The summed E-state index contributed by atoms with van der Waals surface area (Å²) in [6, 6.07) is 11.1. The highest BCUT2D eigenvalue weighted by Gasteiger charge is 2.14. The largest absolute Gasteiger partial charge is 0.491 e. The summed E-state index contributed by atoms with van der Waals surface area (Å²) in [5, 5.41) is 2.57. The number of halogens is 2. The highest BCUT2D eigenvalue weighted by molar-refractivity contribution is 6.31. The molecule has 1 N–H and O–H groups in total. The number of hydrogen-bond acceptors (Lipinski definition) is 3. The number of rotatable bonds is 7. The van der Waals surface area contributed by atoms with Crippen molar-refractivity contribution in [2.24, 2.45) is 0 Å². The number of ether oxygens (including phenoxy) is 1. The third-order valence-corrected chi connectivity index (χ3v) is 3.96. The third-order valence-electron chi connectivity index (χ3n) is 3.67. The second-order valence-corrected chi connectivity index (χ2v) is 6.67. The zero-order chi connectivity index (χ0) is 20.0. The summed E-state index contributed by atoms with van der Waals surface area (Å²) >= 11 is 5.70. The molecule has 0 aromatic heterocycles. The third kappa shape index (κ3) is 6.25. The Labute approximate surface area is 163 Å². The van der Waals surface area contributed by atoms with Crippen molar-refractivity contribution in [3.8, 4) is 5.75 Å². The van der Waals surface area contributed by atoms with E-state index in [9.17, 15) is 14.0 Å². The van der Waals surface area contributed by atoms with Crippen LogP contribution in [0.2, 0.25) is 5.02 Å². The Kier molecular flexibility index (Phi) is 7.19. The van der Waals surface area contributed by atoms with Crippen LogP contribution in [0.15, 0.2) is 42.5 Å². The van der Waals surface area contributed by atoms with Crippen LogP contribution >= 0.6 is 11.6 Å². The normalized spacial score (nSPS) is 10.6. The lowest BCUT2D eigenvalue weighted by molar-refractivity contribution is -0.117. The second-order valence-electron chi connectivity index (χ2n) is 6.26. The molecule has 0 aliphatic carbocycles. The van der Waals surface area contributed by atoms with E-state index in [0.29, 0.717) is 17.1 Å². The predicted octanol–water partition coefficient (Wildman–Crippen LogP) is 4.65. The maximum Gasteiger partial charge on any atom is 0.226 e. The quantitative estimate of drug-likeness (QED) is 0.746. The van der Waals surface area contributed by atoms with E-state index in [0.717, 1.165) is 0 Å². The Hall–Kier alpha value is -2.60. The van der Waals surface area contributed by atoms with Gasteiger partial charge in [0, 0.05) is 31.3 Å². The maximum atomic E-state index is 13.2. The summed E-state index contributed by atoms with van der Waals surface area (Å²) in [6.45, 7) is 5.52. The standard InChI is InChI=1S/C20H22ClFN2O3/c1-13(2)27-17-7-5-16(6-8-17)24(14(3)25)11-10-20(26)23-15-4-9-19(22)18(21)12-15/h4-9,12-13H,10-11H2,1-3H3,(H,23,26). The van der Waals surface area contributed by atoms with Crippen molar-refractivity contribution in [2.45, 2.75) is 33.3 Å². The van der Waals surface area contributed by atoms with Crippen molar-refractivity contribution in [1.82, 2.24) is 0 Å². The number of carbonyl (C=O) groups excluding carboxylic acids is 2. The highest BCUT2D eigenvalue weighted by Crippen LogP contribution is 2.22. The molecular weight excluding hydrogens is 371 g/mol. The van der Waals surface area contributed by atoms with Crippen molar-refractivity contribution in [1.29, 1.82) is 0 Å². The van der Waals surface area contributed by atoms with Crippen LogP contribution in [-0.4, -0.2) is 24.5 Å². The van der Waals surface area contributed by atoms with Gasteiger partial charge in [-0.05, 0) is 56.3 Å². The van der Waals surface area contributed by atoms with E-state index >= 15 is 0 Å². The first kappa shape index (κ1) is 20.7. The fourth-order valence-corrected chi connectivity index (χ4v) is 2.64. The minimum Gasteiger partial charge on any atom is -0.491 e. The zero-order valence-corrected chi connectivity index (χ0v) is 16.2. The number of benzene rings is 2. The van der Waals surface area contributed by atoms with Gasteiger partial charge in [0.15, 0.2) is 0 Å². The SMILES string of the molecule is CC(=O)N(CCC(=O)Nc1ccc(F)c(Cl)c1)c1ccc(OC(C)C)cc1. The molecule has 0 spiro atoms. The summed E-state index contributed by atoms with van der Waals surface area (Å²) in [6.07, 6.45) is 0.141. The molecule has 0 aliphatic rings. The lowest BCUT2D eigenvalue weighted by atomic mass is 10.2. The molecule has 0 saturated heterocycles. The Morgan fingerprint density at radius 1 is 1.19 bits per heavy atom. The van der Waals surface area contributed by atoms with Crippen LogP contribution in [0.4, 0.5) is 15.8 Å². The Morgan fingerprint density at radius 2 is 1.85 bits per heavy atom. The molecular formula is C20H22ClFN2O3. The van der Waals surface area contributed by atoms with E-state index in [4.69, 9.17) is 16.3 Å². The van der Waals surface area contributed by atoms with Gasteiger partial charge < -0.3 is 15.0 Å². The topological polar surface area (TPSA) is 58.6 Å². The second kappa shape index (κ2) is 9.37. The summed E-state index contributed by atoms with van der Waals surface area (Å²) in [4.78, 5) is 25.6. The number of nitrogens with zero attached hydrogens (tertiary/aromatic N) is 1. The molecule has 2 rings (SSSR count). The van der Waals surface area contributed by atoms with Gasteiger partial charge in [-0.3, -0.25) is 9.59 Å². The Balaban J connectivity index is 1.98. The van der Waals surface area contributed by atoms with Crippen molar-refractivity contribution < 1.29 is 18.7 Å². The fraction of sp³-hybridized carbons (Fsp3) is 0.300. The van der Waals surface area contributed by atoms with Gasteiger partial charge in [-0.2, -0.15) is 0 Å². The minimum absolute atomic E-state index is 0.0587. The van der Waals surface area contributed by atoms with Crippen LogP contribution < -0.4 is 15.0 Å². The average Bonchev–Trinajstić information content (AvgIpc) is 2.59. The van der Waals surface area contributed by atoms with E-state index in [-0.39, 0.29) is 35.9 Å². The molecule has 7 heteroatoms. The predicted molar refractivity (Wildman–Crippen MR) is 105 cm³/mol. The fourth-order valence-electron chi connectivity index (χ4n) is 2.46. The lowest BCUT2D eigenvalue weighted by Crippen LogP contribution is -2.31. The summed E-state index contributed by atoms with van der Waals surface area (Å²) in [5.41, 5.74) is 1.08. The lowest BCUT2D eigenvalue weighted by Gasteiger charge is -2.21. The molecule has 0 bridgehead atoms. The van der Waals surface area contributed by atoms with Gasteiger partial charge in [-0.25, -0.2) is 4.39 Å². The van der Waals surface area contributed by atoms with Gasteiger partial charge in [0.2, 0.25) is 11.8 Å². The van der Waals surface area contributed by atoms with Crippen molar-refractivity contribution >= 4 is 34.8 Å². The molecule has 144 valence electrons. The zero-order valence-electron chi connectivity index (χ0n) is 15.5. The van der Waals surface area contributed by atoms with Crippen LogP contribution in [0.1, 0.15) is 27.2 Å². The van der Waals surface area contributed by atoms with Gasteiger partial charge in [0.05, 0.1) is 11.1 Å². The van der Waals surface area contributed by atoms with Gasteiger partial charge in [-0.15, -0.1) is 0 Å². The molecule has 27 heavy (non-hydrogen) atoms. The molecule has 0 radical (unpaired) electrons. The molecule has 0 atom stereocenters. The first-order chi connectivity index (χ1) is 12.8. The maximum absolute atomic E-state index is 13.2. The van der Waals surface area contributed by atoms with Crippen molar-refractivity contribution in [3.05, 3.63) is 53.3 Å². The van der Waals surface area contributed by atoms with Crippen LogP contribution in [0.5, 0.6) is 5.75 Å². The number of amides is 2. The highest BCUT2D eigenvalue weighted by atomic mass is 35.5. The minimum atomic E-state index is -0.553. The van der Waals surface area contributed by atoms with Crippen molar-refractivity contribution in [2.75, 3.05) is 16.8 Å². The molecule has 0 unspecified atom stereocenters. The number of carbonyl (C=O) groups is 2. The first-order valence-corrected chi connectivity index (χ1v) is 8.94. The van der Waals surface area contributed by atoms with Crippen molar-refractivity contribution in [3.63, 3.8) is 0 Å². The molecule has 2 aromatic carbocycles. The van der Waals surface area contributed by atoms with Crippen LogP contribution in [-0.2, 0) is 9.59 Å². The number of nitrogens with one attached hydrogen (secondary N) is 1. The summed E-state index contributed by atoms with van der Waals surface area (Å²) < 4.78 is 18.8. The van der Waals surface area contributed by atoms with E-state index in [2.05, 4.69) is 5.32 Å². The van der Waals surface area contributed by atoms with Crippen LogP contribution in [0.25, 0.3) is 0 Å². The molecule has 0 fully saturated rings. The summed E-state index contributed by atoms with van der Waals surface area (Å²) in [7, 11) is 0. The van der Waals surface area contributed by atoms with Crippen LogP contribution in [0.3, 0.4) is 0 Å². The van der Waals surface area contributed by atoms with E-state index in [1.165, 1.54) is 30.0 Å². The van der Waals surface area contributed by atoms with E-state index in [1.54, 1.807) is 24.3 Å².